The average Bonchev–Trinajstić information content (AvgIpc) is 2.64. The number of hydrogen-bond donors (Lipinski definition) is 1. The number of carbonyl (C=O) groups is 1. The lowest BCUT2D eigenvalue weighted by Gasteiger charge is -2.11. The number of methoxy groups -OCH3 is 1. The predicted octanol–water partition coefficient (Wildman–Crippen LogP) is 3.80. The van der Waals surface area contributed by atoms with E-state index >= 15 is 0 Å². The second-order valence-corrected chi connectivity index (χ2v) is 5.23. The molecule has 2 aromatic rings. The molecule has 0 aliphatic carbocycles. The van der Waals surface area contributed by atoms with Crippen molar-refractivity contribution < 1.29 is 32.2 Å². The summed E-state index contributed by atoms with van der Waals surface area (Å²) in [6.45, 7) is 0.468. The molecule has 0 radical (unpaired) electrons. The number of para-hydroxylation sites is 1. The van der Waals surface area contributed by atoms with Gasteiger partial charge in [0.1, 0.15) is 23.9 Å². The quantitative estimate of drug-likeness (QED) is 0.558. The molecule has 1 amide bonds. The maximum absolute atomic E-state index is 12.4. The molecule has 0 aliphatic heterocycles. The van der Waals surface area contributed by atoms with Gasteiger partial charge in [-0.15, -0.1) is 13.2 Å². The largest absolute Gasteiger partial charge is 0.573 e. The van der Waals surface area contributed by atoms with Crippen LogP contribution in [0, 0.1) is 0 Å². The Hall–Kier alpha value is -3.16. The van der Waals surface area contributed by atoms with E-state index < -0.39 is 12.3 Å². The first kappa shape index (κ1) is 20.2. The van der Waals surface area contributed by atoms with Crippen LogP contribution in [0.1, 0.15) is 5.56 Å². The highest BCUT2D eigenvalue weighted by Gasteiger charge is 2.31. The third kappa shape index (κ3) is 7.31. The summed E-state index contributed by atoms with van der Waals surface area (Å²) in [5.74, 6) is 0.487. The first-order chi connectivity index (χ1) is 12.9. The van der Waals surface area contributed by atoms with Gasteiger partial charge < -0.3 is 19.5 Å². The number of alkyl halides is 3. The summed E-state index contributed by atoms with van der Waals surface area (Å²) in [5, 5.41) is 2.57. The smallest absolute Gasteiger partial charge is 0.497 e. The molecule has 0 atom stereocenters. The summed E-state index contributed by atoms with van der Waals surface area (Å²) in [6.07, 6.45) is -2.42. The van der Waals surface area contributed by atoms with Crippen molar-refractivity contribution in [2.75, 3.05) is 20.3 Å². The van der Waals surface area contributed by atoms with Gasteiger partial charge in [-0.25, -0.2) is 0 Å². The van der Waals surface area contributed by atoms with Crippen LogP contribution < -0.4 is 19.5 Å². The van der Waals surface area contributed by atoms with Crippen LogP contribution in [0.2, 0.25) is 0 Å². The molecule has 1 N–H and O–H groups in total. The topological polar surface area (TPSA) is 56.8 Å². The van der Waals surface area contributed by atoms with E-state index in [9.17, 15) is 18.0 Å². The van der Waals surface area contributed by atoms with Gasteiger partial charge in [0.15, 0.2) is 0 Å². The zero-order valence-electron chi connectivity index (χ0n) is 14.5. The molecule has 8 heteroatoms. The minimum atomic E-state index is -4.80. The lowest BCUT2D eigenvalue weighted by atomic mass is 10.2. The number of carbonyl (C=O) groups excluding carboxylic acids is 1. The standard InChI is InChI=1S/C19H18F3NO4/c1-25-15-7-9-16(10-8-15)26-13-12-23-18(24)11-6-14-4-2-3-5-17(14)27-19(20,21)22/h2-11H,12-13H2,1H3,(H,23,24)/b11-6+. The molecule has 5 nitrogen and oxygen atoms in total. The second-order valence-electron chi connectivity index (χ2n) is 5.23. The van der Waals surface area contributed by atoms with Gasteiger partial charge in [0.25, 0.3) is 0 Å². The van der Waals surface area contributed by atoms with Crippen LogP contribution in [-0.2, 0) is 4.79 Å². The molecule has 0 fully saturated rings. The molecule has 2 aromatic carbocycles. The van der Waals surface area contributed by atoms with Crippen molar-refractivity contribution in [1.82, 2.24) is 5.32 Å². The fourth-order valence-corrected chi connectivity index (χ4v) is 2.08. The number of nitrogens with one attached hydrogen (secondary N) is 1. The molecule has 144 valence electrons. The van der Waals surface area contributed by atoms with Crippen LogP contribution in [0.5, 0.6) is 17.2 Å². The van der Waals surface area contributed by atoms with Crippen molar-refractivity contribution in [3.8, 4) is 17.2 Å². The number of benzene rings is 2. The van der Waals surface area contributed by atoms with Crippen LogP contribution in [-0.4, -0.2) is 32.5 Å². The summed E-state index contributed by atoms with van der Waals surface area (Å²) in [7, 11) is 1.56. The molecule has 27 heavy (non-hydrogen) atoms. The molecule has 0 spiro atoms. The summed E-state index contributed by atoms with van der Waals surface area (Å²) in [5.41, 5.74) is 0.138. The highest BCUT2D eigenvalue weighted by atomic mass is 19.4. The van der Waals surface area contributed by atoms with E-state index in [0.29, 0.717) is 11.5 Å². The zero-order chi connectivity index (χ0) is 19.7. The minimum Gasteiger partial charge on any atom is -0.497 e. The fourth-order valence-electron chi connectivity index (χ4n) is 2.08. The number of hydrogen-bond acceptors (Lipinski definition) is 4. The van der Waals surface area contributed by atoms with Gasteiger partial charge in [-0.3, -0.25) is 4.79 Å². The summed E-state index contributed by atoms with van der Waals surface area (Å²) >= 11 is 0. The van der Waals surface area contributed by atoms with Crippen LogP contribution in [0.3, 0.4) is 0 Å². The molecule has 0 aliphatic rings. The van der Waals surface area contributed by atoms with Gasteiger partial charge >= 0.3 is 6.36 Å². The maximum atomic E-state index is 12.4. The number of halogens is 3. The average molecular weight is 381 g/mol. The molecule has 0 saturated carbocycles. The van der Waals surface area contributed by atoms with Crippen molar-refractivity contribution in [2.45, 2.75) is 6.36 Å². The Kier molecular flexibility index (Phi) is 7.10. The van der Waals surface area contributed by atoms with E-state index in [0.717, 1.165) is 6.08 Å². The van der Waals surface area contributed by atoms with Crippen molar-refractivity contribution in [1.29, 1.82) is 0 Å². The second kappa shape index (κ2) is 9.51. The van der Waals surface area contributed by atoms with Crippen molar-refractivity contribution >= 4 is 12.0 Å². The Morgan fingerprint density at radius 2 is 1.74 bits per heavy atom. The molecule has 0 heterocycles. The fraction of sp³-hybridized carbons (Fsp3) is 0.211. The van der Waals surface area contributed by atoms with Crippen LogP contribution in [0.4, 0.5) is 13.2 Å². The van der Waals surface area contributed by atoms with Gasteiger partial charge in [0, 0.05) is 11.6 Å². The molecule has 0 aromatic heterocycles. The lowest BCUT2D eigenvalue weighted by Crippen LogP contribution is -2.26. The van der Waals surface area contributed by atoms with E-state index in [1.165, 1.54) is 24.3 Å². The predicted molar refractivity (Wildman–Crippen MR) is 93.7 cm³/mol. The summed E-state index contributed by atoms with van der Waals surface area (Å²) < 4.78 is 51.5. The van der Waals surface area contributed by atoms with Gasteiger partial charge in [-0.1, -0.05) is 18.2 Å². The molecule has 2 rings (SSSR count). The van der Waals surface area contributed by atoms with Crippen molar-refractivity contribution in [3.63, 3.8) is 0 Å². The van der Waals surface area contributed by atoms with Crippen molar-refractivity contribution in [3.05, 3.63) is 60.2 Å². The highest BCUT2D eigenvalue weighted by Crippen LogP contribution is 2.26. The Labute approximate surface area is 154 Å². The van der Waals surface area contributed by atoms with Crippen LogP contribution >= 0.6 is 0 Å². The van der Waals surface area contributed by atoms with E-state index in [4.69, 9.17) is 9.47 Å². The van der Waals surface area contributed by atoms with Crippen LogP contribution in [0.25, 0.3) is 6.08 Å². The molecular weight excluding hydrogens is 363 g/mol. The van der Waals surface area contributed by atoms with Gasteiger partial charge in [-0.2, -0.15) is 0 Å². The molecule has 0 bridgehead atoms. The molecular formula is C19H18F3NO4. The van der Waals surface area contributed by atoms with Gasteiger partial charge in [0.2, 0.25) is 5.91 Å². The summed E-state index contributed by atoms with van der Waals surface area (Å²) in [4.78, 5) is 11.8. The number of amides is 1. The maximum Gasteiger partial charge on any atom is 0.573 e. The van der Waals surface area contributed by atoms with Crippen molar-refractivity contribution in [2.24, 2.45) is 0 Å². The molecule has 0 saturated heterocycles. The Morgan fingerprint density at radius 1 is 1.07 bits per heavy atom. The third-order valence-electron chi connectivity index (χ3n) is 3.29. The Morgan fingerprint density at radius 3 is 2.41 bits per heavy atom. The minimum absolute atomic E-state index is 0.138. The SMILES string of the molecule is COc1ccc(OCCNC(=O)/C=C/c2ccccc2OC(F)(F)F)cc1. The van der Waals surface area contributed by atoms with E-state index in [-0.39, 0.29) is 24.5 Å². The number of rotatable bonds is 8. The van der Waals surface area contributed by atoms with E-state index in [1.807, 2.05) is 0 Å². The first-order valence-corrected chi connectivity index (χ1v) is 7.95. The van der Waals surface area contributed by atoms with Gasteiger partial charge in [-0.05, 0) is 36.4 Å². The normalized spacial score (nSPS) is 11.3. The van der Waals surface area contributed by atoms with E-state index in [2.05, 4.69) is 10.1 Å². The molecule has 0 unspecified atom stereocenters. The first-order valence-electron chi connectivity index (χ1n) is 7.95. The van der Waals surface area contributed by atoms with E-state index in [1.54, 1.807) is 37.4 Å². The number of ether oxygens (including phenoxy) is 3. The van der Waals surface area contributed by atoms with Gasteiger partial charge in [0.05, 0.1) is 13.7 Å². The Bertz CT molecular complexity index is 773. The highest BCUT2D eigenvalue weighted by molar-refractivity contribution is 5.92. The third-order valence-corrected chi connectivity index (χ3v) is 3.29. The van der Waals surface area contributed by atoms with Crippen LogP contribution in [0.15, 0.2) is 54.6 Å². The lowest BCUT2D eigenvalue weighted by molar-refractivity contribution is -0.274. The zero-order valence-corrected chi connectivity index (χ0v) is 14.5. The summed E-state index contributed by atoms with van der Waals surface area (Å²) in [6, 6.07) is 12.5. The Balaban J connectivity index is 1.80. The monoisotopic (exact) mass is 381 g/mol.